The summed E-state index contributed by atoms with van der Waals surface area (Å²) >= 11 is 3.30. The summed E-state index contributed by atoms with van der Waals surface area (Å²) in [4.78, 5) is 14.1. The van der Waals surface area contributed by atoms with Gasteiger partial charge in [-0.3, -0.25) is 4.79 Å². The molecule has 0 N–H and O–H groups in total. The Morgan fingerprint density at radius 3 is 2.50 bits per heavy atom. The third-order valence-corrected chi connectivity index (χ3v) is 4.28. The van der Waals surface area contributed by atoms with E-state index in [0.717, 1.165) is 16.5 Å². The molecule has 0 atom stereocenters. The first-order chi connectivity index (χ1) is 10.6. The summed E-state index contributed by atoms with van der Waals surface area (Å²) in [6.45, 7) is 0. The second-order valence-electron chi connectivity index (χ2n) is 5.02. The minimum absolute atomic E-state index is 0.262. The van der Waals surface area contributed by atoms with Crippen LogP contribution in [0.3, 0.4) is 0 Å². The van der Waals surface area contributed by atoms with E-state index < -0.39 is 5.82 Å². The Morgan fingerprint density at radius 2 is 1.73 bits per heavy atom. The molecule has 4 heteroatoms. The standard InChI is InChI=1S/C18H13BrFNO/c1-21(18(22)16-11-14(20)7-9-17(16)19)15-8-6-12-4-2-3-5-13(12)10-15/h2-11H,1H3. The molecule has 0 unspecified atom stereocenters. The van der Waals surface area contributed by atoms with Crippen LogP contribution in [0.25, 0.3) is 10.8 Å². The van der Waals surface area contributed by atoms with Gasteiger partial charge in [0.1, 0.15) is 5.82 Å². The fraction of sp³-hybridized carbons (Fsp3) is 0.0556. The van der Waals surface area contributed by atoms with E-state index in [1.165, 1.54) is 23.1 Å². The minimum Gasteiger partial charge on any atom is -0.311 e. The Kier molecular flexibility index (Phi) is 3.94. The molecule has 0 radical (unpaired) electrons. The van der Waals surface area contributed by atoms with Gasteiger partial charge < -0.3 is 4.90 Å². The number of carbonyl (C=O) groups excluding carboxylic acids is 1. The second kappa shape index (κ2) is 5.89. The first-order valence-electron chi connectivity index (χ1n) is 6.78. The van der Waals surface area contributed by atoms with Crippen LogP contribution in [0.5, 0.6) is 0 Å². The number of carbonyl (C=O) groups is 1. The Hall–Kier alpha value is -2.20. The van der Waals surface area contributed by atoms with Gasteiger partial charge in [-0.1, -0.05) is 30.3 Å². The molecular weight excluding hydrogens is 345 g/mol. The Morgan fingerprint density at radius 1 is 1.00 bits per heavy atom. The van der Waals surface area contributed by atoms with E-state index in [9.17, 15) is 9.18 Å². The van der Waals surface area contributed by atoms with Crippen molar-refractivity contribution in [2.45, 2.75) is 0 Å². The molecule has 0 heterocycles. The lowest BCUT2D eigenvalue weighted by Gasteiger charge is -2.19. The first-order valence-corrected chi connectivity index (χ1v) is 7.57. The third-order valence-electron chi connectivity index (χ3n) is 3.58. The molecule has 0 bridgehead atoms. The summed E-state index contributed by atoms with van der Waals surface area (Å²) in [6, 6.07) is 17.8. The maximum atomic E-state index is 13.4. The van der Waals surface area contributed by atoms with Crippen molar-refractivity contribution in [2.24, 2.45) is 0 Å². The van der Waals surface area contributed by atoms with E-state index in [0.29, 0.717) is 10.0 Å². The van der Waals surface area contributed by atoms with Crippen LogP contribution in [0.2, 0.25) is 0 Å². The lowest BCUT2D eigenvalue weighted by atomic mass is 10.1. The number of hydrogen-bond donors (Lipinski definition) is 0. The van der Waals surface area contributed by atoms with Crippen LogP contribution >= 0.6 is 15.9 Å². The van der Waals surface area contributed by atoms with E-state index in [1.807, 2.05) is 42.5 Å². The summed E-state index contributed by atoms with van der Waals surface area (Å²) in [7, 11) is 1.68. The van der Waals surface area contributed by atoms with Gasteiger partial charge in [-0.15, -0.1) is 0 Å². The Labute approximate surface area is 136 Å². The van der Waals surface area contributed by atoms with Crippen molar-refractivity contribution in [3.8, 4) is 0 Å². The maximum absolute atomic E-state index is 13.4. The van der Waals surface area contributed by atoms with Crippen LogP contribution in [0.15, 0.2) is 65.1 Å². The fourth-order valence-corrected chi connectivity index (χ4v) is 2.76. The number of fused-ring (bicyclic) bond motifs is 1. The highest BCUT2D eigenvalue weighted by Crippen LogP contribution is 2.25. The quantitative estimate of drug-likeness (QED) is 0.630. The zero-order chi connectivity index (χ0) is 15.7. The van der Waals surface area contributed by atoms with Crippen molar-refractivity contribution in [3.05, 3.63) is 76.5 Å². The highest BCUT2D eigenvalue weighted by molar-refractivity contribution is 9.10. The maximum Gasteiger partial charge on any atom is 0.259 e. The second-order valence-corrected chi connectivity index (χ2v) is 5.87. The molecule has 22 heavy (non-hydrogen) atoms. The molecule has 0 aliphatic carbocycles. The highest BCUT2D eigenvalue weighted by Gasteiger charge is 2.17. The number of rotatable bonds is 2. The Balaban J connectivity index is 1.99. The predicted octanol–water partition coefficient (Wildman–Crippen LogP) is 5.02. The van der Waals surface area contributed by atoms with Crippen LogP contribution in [0.1, 0.15) is 10.4 Å². The van der Waals surface area contributed by atoms with Crippen molar-refractivity contribution in [2.75, 3.05) is 11.9 Å². The lowest BCUT2D eigenvalue weighted by molar-refractivity contribution is 0.0992. The topological polar surface area (TPSA) is 20.3 Å². The first kappa shape index (κ1) is 14.7. The molecule has 3 aromatic rings. The van der Waals surface area contributed by atoms with Gasteiger partial charge in [0.25, 0.3) is 5.91 Å². The Bertz CT molecular complexity index is 863. The van der Waals surface area contributed by atoms with Gasteiger partial charge in [-0.05, 0) is 57.0 Å². The average molecular weight is 358 g/mol. The fourth-order valence-electron chi connectivity index (χ4n) is 2.34. The molecule has 0 aliphatic rings. The number of amides is 1. The third kappa shape index (κ3) is 2.74. The molecule has 0 aromatic heterocycles. The van der Waals surface area contributed by atoms with Gasteiger partial charge in [-0.25, -0.2) is 4.39 Å². The minimum atomic E-state index is -0.432. The molecule has 1 amide bonds. The van der Waals surface area contributed by atoms with Gasteiger partial charge >= 0.3 is 0 Å². The number of hydrogen-bond acceptors (Lipinski definition) is 1. The number of halogens is 2. The molecule has 0 fully saturated rings. The zero-order valence-corrected chi connectivity index (χ0v) is 13.5. The van der Waals surface area contributed by atoms with Crippen LogP contribution in [-0.2, 0) is 0 Å². The summed E-state index contributed by atoms with van der Waals surface area (Å²) in [5, 5.41) is 2.16. The lowest BCUT2D eigenvalue weighted by Crippen LogP contribution is -2.26. The smallest absolute Gasteiger partial charge is 0.259 e. The van der Waals surface area contributed by atoms with Gasteiger partial charge in [0.15, 0.2) is 0 Å². The SMILES string of the molecule is CN(C(=O)c1cc(F)ccc1Br)c1ccc2ccccc2c1. The predicted molar refractivity (Wildman–Crippen MR) is 90.8 cm³/mol. The van der Waals surface area contributed by atoms with Crippen molar-refractivity contribution >= 4 is 38.3 Å². The summed E-state index contributed by atoms with van der Waals surface area (Å²) in [5.74, 6) is -0.694. The molecule has 0 saturated carbocycles. The van der Waals surface area contributed by atoms with Crippen LogP contribution < -0.4 is 4.90 Å². The molecule has 110 valence electrons. The van der Waals surface area contributed by atoms with Crippen LogP contribution in [0.4, 0.5) is 10.1 Å². The number of benzene rings is 3. The molecule has 0 saturated heterocycles. The average Bonchev–Trinajstić information content (AvgIpc) is 2.55. The van der Waals surface area contributed by atoms with Crippen molar-refractivity contribution in [3.63, 3.8) is 0 Å². The van der Waals surface area contributed by atoms with Gasteiger partial charge in [0, 0.05) is 17.2 Å². The largest absolute Gasteiger partial charge is 0.311 e. The highest BCUT2D eigenvalue weighted by atomic mass is 79.9. The molecular formula is C18H13BrFNO. The van der Waals surface area contributed by atoms with Crippen molar-refractivity contribution in [1.29, 1.82) is 0 Å². The molecule has 3 rings (SSSR count). The van der Waals surface area contributed by atoms with E-state index in [4.69, 9.17) is 0 Å². The molecule has 3 aromatic carbocycles. The van der Waals surface area contributed by atoms with Gasteiger partial charge in [0.05, 0.1) is 5.56 Å². The number of anilines is 1. The van der Waals surface area contributed by atoms with Crippen LogP contribution in [-0.4, -0.2) is 13.0 Å². The van der Waals surface area contributed by atoms with Crippen molar-refractivity contribution < 1.29 is 9.18 Å². The summed E-state index contributed by atoms with van der Waals surface area (Å²) < 4.78 is 14.0. The molecule has 0 spiro atoms. The van der Waals surface area contributed by atoms with Gasteiger partial charge in [-0.2, -0.15) is 0 Å². The molecule has 0 aliphatic heterocycles. The zero-order valence-electron chi connectivity index (χ0n) is 11.9. The van der Waals surface area contributed by atoms with Gasteiger partial charge in [0.2, 0.25) is 0 Å². The number of nitrogens with zero attached hydrogens (tertiary/aromatic N) is 1. The van der Waals surface area contributed by atoms with Crippen LogP contribution in [0, 0.1) is 5.82 Å². The van der Waals surface area contributed by atoms with Crippen molar-refractivity contribution in [1.82, 2.24) is 0 Å². The van der Waals surface area contributed by atoms with E-state index in [1.54, 1.807) is 7.05 Å². The molecule has 2 nitrogen and oxygen atoms in total. The normalized spacial score (nSPS) is 10.7. The van der Waals surface area contributed by atoms with E-state index >= 15 is 0 Å². The monoisotopic (exact) mass is 357 g/mol. The van der Waals surface area contributed by atoms with E-state index in [2.05, 4.69) is 15.9 Å². The summed E-state index contributed by atoms with van der Waals surface area (Å²) in [5.41, 5.74) is 1.07. The van der Waals surface area contributed by atoms with E-state index in [-0.39, 0.29) is 5.91 Å². The summed E-state index contributed by atoms with van der Waals surface area (Å²) in [6.07, 6.45) is 0.